The average Bonchev–Trinajstić information content (AvgIpc) is 2.93. The van der Waals surface area contributed by atoms with Crippen molar-refractivity contribution in [3.8, 4) is 11.5 Å². The maximum atomic E-state index is 12.6. The quantitative estimate of drug-likeness (QED) is 0.420. The number of ether oxygens (including phenoxy) is 3. The number of methoxy groups -OCH3 is 1. The van der Waals surface area contributed by atoms with Gasteiger partial charge in [0.05, 0.1) is 32.1 Å². The van der Waals surface area contributed by atoms with Crippen LogP contribution in [0.1, 0.15) is 44.2 Å². The molecule has 2 N–H and O–H groups in total. The average molecular weight is 538 g/mol. The van der Waals surface area contributed by atoms with Crippen molar-refractivity contribution in [2.45, 2.75) is 45.8 Å². The van der Waals surface area contributed by atoms with E-state index in [4.69, 9.17) is 14.2 Å². The van der Waals surface area contributed by atoms with Gasteiger partial charge in [-0.15, -0.1) is 0 Å². The van der Waals surface area contributed by atoms with Crippen LogP contribution in [0.5, 0.6) is 11.5 Å². The highest BCUT2D eigenvalue weighted by Crippen LogP contribution is 2.30. The van der Waals surface area contributed by atoms with Crippen LogP contribution in [0.2, 0.25) is 0 Å². The molecular weight excluding hydrogens is 498 g/mol. The maximum absolute atomic E-state index is 12.6. The molecule has 0 radical (unpaired) electrons. The number of piperazine rings is 1. The lowest BCUT2D eigenvalue weighted by Gasteiger charge is -2.26. The number of hydrogen-bond donors (Lipinski definition) is 2. The van der Waals surface area contributed by atoms with Crippen molar-refractivity contribution in [3.63, 3.8) is 0 Å². The van der Waals surface area contributed by atoms with Gasteiger partial charge in [0, 0.05) is 56.8 Å². The van der Waals surface area contributed by atoms with Gasteiger partial charge in [-0.1, -0.05) is 12.1 Å². The molecule has 0 aliphatic carbocycles. The summed E-state index contributed by atoms with van der Waals surface area (Å²) in [5, 5.41) is 12.2. The van der Waals surface area contributed by atoms with Gasteiger partial charge in [0.25, 0.3) is 0 Å². The molecule has 0 aromatic heterocycles. The van der Waals surface area contributed by atoms with Crippen LogP contribution in [0, 0.1) is 0 Å². The normalized spacial score (nSPS) is 16.2. The number of carbonyl (C=O) groups is 2. The summed E-state index contributed by atoms with van der Waals surface area (Å²) >= 11 is 0. The van der Waals surface area contributed by atoms with E-state index in [1.807, 2.05) is 44.2 Å². The third-order valence-corrected chi connectivity index (χ3v) is 6.56. The second kappa shape index (κ2) is 14.0. The van der Waals surface area contributed by atoms with Gasteiger partial charge in [0.2, 0.25) is 5.91 Å². The number of nitrogens with one attached hydrogen (secondary N) is 2. The lowest BCUT2D eigenvalue weighted by molar-refractivity contribution is -0.132. The predicted molar refractivity (Wildman–Crippen MR) is 150 cm³/mol. The Morgan fingerprint density at radius 2 is 1.85 bits per heavy atom. The lowest BCUT2D eigenvalue weighted by atomic mass is 10.0. The standard InChI is InChI=1S/C29H39N5O5/c1-21(2)39-27-19-23(7-11-26(27)37-3)25-10-12-28(35)34(32-25)20-22-5-8-24(9-6-22)31-29(36)38-18-4-15-33-16-13-30-14-17-33/h5-9,11,19,21,30H,4,10,12-18,20H2,1-3H3,(H,31,36). The van der Waals surface area contributed by atoms with Crippen molar-refractivity contribution >= 4 is 23.4 Å². The fourth-order valence-electron chi connectivity index (χ4n) is 4.54. The minimum absolute atomic E-state index is 0.00207. The highest BCUT2D eigenvalue weighted by Gasteiger charge is 2.22. The van der Waals surface area contributed by atoms with E-state index in [9.17, 15) is 9.59 Å². The van der Waals surface area contributed by atoms with Crippen LogP contribution in [-0.4, -0.2) is 80.2 Å². The molecule has 0 spiro atoms. The van der Waals surface area contributed by atoms with Crippen LogP contribution in [0.3, 0.4) is 0 Å². The molecule has 0 saturated carbocycles. The Bertz CT molecular complexity index is 1150. The Morgan fingerprint density at radius 3 is 2.56 bits per heavy atom. The maximum Gasteiger partial charge on any atom is 0.411 e. The highest BCUT2D eigenvalue weighted by atomic mass is 16.5. The summed E-state index contributed by atoms with van der Waals surface area (Å²) in [5.74, 6) is 1.28. The van der Waals surface area contributed by atoms with Gasteiger partial charge in [-0.25, -0.2) is 9.80 Å². The fourth-order valence-corrected chi connectivity index (χ4v) is 4.54. The van der Waals surface area contributed by atoms with Crippen molar-refractivity contribution in [1.29, 1.82) is 0 Å². The Labute approximate surface area is 230 Å². The second-order valence-corrected chi connectivity index (χ2v) is 9.93. The Kier molecular flexibility index (Phi) is 10.2. The van der Waals surface area contributed by atoms with Crippen LogP contribution >= 0.6 is 0 Å². The first-order valence-electron chi connectivity index (χ1n) is 13.6. The molecule has 2 amide bonds. The van der Waals surface area contributed by atoms with Gasteiger partial charge in [-0.05, 0) is 56.2 Å². The summed E-state index contributed by atoms with van der Waals surface area (Å²) in [6.45, 7) is 9.65. The van der Waals surface area contributed by atoms with Gasteiger partial charge >= 0.3 is 6.09 Å². The Morgan fingerprint density at radius 1 is 1.08 bits per heavy atom. The number of hydrazone groups is 1. The molecule has 10 heteroatoms. The van der Waals surface area contributed by atoms with Crippen molar-refractivity contribution in [1.82, 2.24) is 15.2 Å². The number of anilines is 1. The molecule has 0 atom stereocenters. The van der Waals surface area contributed by atoms with Gasteiger partial charge in [-0.3, -0.25) is 10.1 Å². The number of carbonyl (C=O) groups excluding carboxylic acids is 2. The van der Waals surface area contributed by atoms with Crippen molar-refractivity contribution in [3.05, 3.63) is 53.6 Å². The SMILES string of the molecule is COc1ccc(C2=NN(Cc3ccc(NC(=O)OCCCN4CCNCC4)cc3)C(=O)CC2)cc1OC(C)C. The summed E-state index contributed by atoms with van der Waals surface area (Å²) in [6.07, 6.45) is 1.28. The molecule has 2 heterocycles. The minimum atomic E-state index is -0.469. The zero-order valence-corrected chi connectivity index (χ0v) is 23.1. The largest absolute Gasteiger partial charge is 0.493 e. The molecular formula is C29H39N5O5. The smallest absolute Gasteiger partial charge is 0.411 e. The topological polar surface area (TPSA) is 105 Å². The van der Waals surface area contributed by atoms with E-state index >= 15 is 0 Å². The van der Waals surface area contributed by atoms with E-state index in [0.717, 1.165) is 56.0 Å². The van der Waals surface area contributed by atoms with E-state index < -0.39 is 6.09 Å². The number of hydrogen-bond acceptors (Lipinski definition) is 8. The first-order chi connectivity index (χ1) is 18.9. The molecule has 2 aliphatic heterocycles. The monoisotopic (exact) mass is 537 g/mol. The number of amides is 2. The van der Waals surface area contributed by atoms with Gasteiger partial charge in [0.15, 0.2) is 11.5 Å². The number of rotatable bonds is 11. The summed E-state index contributed by atoms with van der Waals surface area (Å²) in [7, 11) is 1.61. The molecule has 1 saturated heterocycles. The summed E-state index contributed by atoms with van der Waals surface area (Å²) in [4.78, 5) is 27.1. The molecule has 1 fully saturated rings. The predicted octanol–water partition coefficient (Wildman–Crippen LogP) is 3.85. The molecule has 10 nitrogen and oxygen atoms in total. The van der Waals surface area contributed by atoms with Crippen molar-refractivity contribution in [2.24, 2.45) is 5.10 Å². The number of benzene rings is 2. The van der Waals surface area contributed by atoms with Crippen LogP contribution in [0.25, 0.3) is 0 Å². The molecule has 0 unspecified atom stereocenters. The first-order valence-corrected chi connectivity index (χ1v) is 13.6. The lowest BCUT2D eigenvalue weighted by Crippen LogP contribution is -2.43. The van der Waals surface area contributed by atoms with Crippen LogP contribution in [-0.2, 0) is 16.1 Å². The molecule has 210 valence electrons. The van der Waals surface area contributed by atoms with Gasteiger partial charge in [-0.2, -0.15) is 5.10 Å². The second-order valence-electron chi connectivity index (χ2n) is 9.93. The van der Waals surface area contributed by atoms with E-state index in [0.29, 0.717) is 43.2 Å². The molecule has 39 heavy (non-hydrogen) atoms. The van der Waals surface area contributed by atoms with E-state index in [-0.39, 0.29) is 12.0 Å². The minimum Gasteiger partial charge on any atom is -0.493 e. The third kappa shape index (κ3) is 8.43. The highest BCUT2D eigenvalue weighted by molar-refractivity contribution is 6.04. The van der Waals surface area contributed by atoms with Crippen LogP contribution in [0.4, 0.5) is 10.5 Å². The molecule has 2 aliphatic rings. The third-order valence-electron chi connectivity index (χ3n) is 6.56. The number of nitrogens with zero attached hydrogens (tertiary/aromatic N) is 3. The summed E-state index contributed by atoms with van der Waals surface area (Å²) in [6, 6.07) is 13.1. The van der Waals surface area contributed by atoms with E-state index in [1.165, 1.54) is 5.01 Å². The van der Waals surface area contributed by atoms with Crippen LogP contribution < -0.4 is 20.1 Å². The van der Waals surface area contributed by atoms with E-state index in [2.05, 4.69) is 20.6 Å². The Hall–Kier alpha value is -3.63. The van der Waals surface area contributed by atoms with E-state index in [1.54, 1.807) is 19.2 Å². The first kappa shape index (κ1) is 28.4. The molecule has 2 aromatic carbocycles. The van der Waals surface area contributed by atoms with Gasteiger partial charge < -0.3 is 24.4 Å². The zero-order chi connectivity index (χ0) is 27.6. The molecule has 2 aromatic rings. The molecule has 0 bridgehead atoms. The molecule has 4 rings (SSSR count). The van der Waals surface area contributed by atoms with Crippen LogP contribution in [0.15, 0.2) is 47.6 Å². The fraction of sp³-hybridized carbons (Fsp3) is 0.483. The summed E-state index contributed by atoms with van der Waals surface area (Å²) < 4.78 is 16.6. The summed E-state index contributed by atoms with van der Waals surface area (Å²) in [5.41, 5.74) is 3.26. The Balaban J connectivity index is 1.30. The van der Waals surface area contributed by atoms with Crippen molar-refractivity contribution in [2.75, 3.05) is 51.8 Å². The zero-order valence-electron chi connectivity index (χ0n) is 23.1. The van der Waals surface area contributed by atoms with Gasteiger partial charge in [0.1, 0.15) is 0 Å². The van der Waals surface area contributed by atoms with Crippen molar-refractivity contribution < 1.29 is 23.8 Å².